The van der Waals surface area contributed by atoms with E-state index in [9.17, 15) is 14.0 Å². The molecule has 1 aromatic carbocycles. The van der Waals surface area contributed by atoms with Crippen molar-refractivity contribution in [1.29, 1.82) is 0 Å². The van der Waals surface area contributed by atoms with E-state index < -0.39 is 17.7 Å². The van der Waals surface area contributed by atoms with Gasteiger partial charge in [0.15, 0.2) is 0 Å². The van der Waals surface area contributed by atoms with Crippen molar-refractivity contribution >= 4 is 11.9 Å². The van der Waals surface area contributed by atoms with Crippen molar-refractivity contribution < 1.29 is 19.1 Å². The highest BCUT2D eigenvalue weighted by atomic mass is 19.1. The molecule has 2 aromatic rings. The number of aromatic carboxylic acids is 1. The quantitative estimate of drug-likeness (QED) is 0.905. The Labute approximate surface area is 120 Å². The molecular weight excluding hydrogens is 275 g/mol. The van der Waals surface area contributed by atoms with Crippen LogP contribution in [0.15, 0.2) is 36.5 Å². The highest BCUT2D eigenvalue weighted by Gasteiger charge is 2.13. The van der Waals surface area contributed by atoms with Crippen LogP contribution in [-0.4, -0.2) is 28.5 Å². The number of amides is 1. The van der Waals surface area contributed by atoms with Crippen molar-refractivity contribution in [3.8, 4) is 11.3 Å². The predicted molar refractivity (Wildman–Crippen MR) is 74.6 cm³/mol. The molecule has 1 amide bonds. The molecule has 0 spiro atoms. The Morgan fingerprint density at radius 3 is 2.67 bits per heavy atom. The zero-order valence-electron chi connectivity index (χ0n) is 11.3. The van der Waals surface area contributed by atoms with Gasteiger partial charge in [-0.15, -0.1) is 0 Å². The van der Waals surface area contributed by atoms with E-state index in [1.807, 2.05) is 0 Å². The number of nitrogens with one attached hydrogen (secondary N) is 1. The summed E-state index contributed by atoms with van der Waals surface area (Å²) >= 11 is 0. The fourth-order valence-corrected chi connectivity index (χ4v) is 1.84. The van der Waals surface area contributed by atoms with Gasteiger partial charge in [-0.2, -0.15) is 0 Å². The number of carboxylic acid groups (broad SMARTS) is 1. The number of carboxylic acids is 1. The molecule has 1 heterocycles. The largest absolute Gasteiger partial charge is 0.478 e. The van der Waals surface area contributed by atoms with Gasteiger partial charge in [-0.1, -0.05) is 6.07 Å². The number of aromatic nitrogens is 1. The maximum atomic E-state index is 14.0. The normalized spacial score (nSPS) is 10.2. The Hall–Kier alpha value is -2.76. The molecule has 0 aliphatic carbocycles. The lowest BCUT2D eigenvalue weighted by molar-refractivity contribution is 0.0696. The predicted octanol–water partition coefficient (Wildman–Crippen LogP) is 2.34. The first-order chi connectivity index (χ1) is 10.0. The molecule has 0 unspecified atom stereocenters. The van der Waals surface area contributed by atoms with Gasteiger partial charge in [0.05, 0.1) is 16.8 Å². The summed E-state index contributed by atoms with van der Waals surface area (Å²) in [6.07, 6.45) is 1.34. The van der Waals surface area contributed by atoms with Crippen LogP contribution in [0.25, 0.3) is 11.3 Å². The smallest absolute Gasteiger partial charge is 0.335 e. The minimum atomic E-state index is -1.09. The summed E-state index contributed by atoms with van der Waals surface area (Å²) in [6, 6.07) is 6.75. The van der Waals surface area contributed by atoms with Gasteiger partial charge >= 0.3 is 5.97 Å². The lowest BCUT2D eigenvalue weighted by Gasteiger charge is -2.06. The molecule has 6 heteroatoms. The Morgan fingerprint density at radius 2 is 2.05 bits per heavy atom. The number of nitrogens with zero attached hydrogens (tertiary/aromatic N) is 1. The molecule has 0 fully saturated rings. The van der Waals surface area contributed by atoms with Gasteiger partial charge in [-0.3, -0.25) is 9.78 Å². The highest BCUT2D eigenvalue weighted by molar-refractivity contribution is 5.95. The van der Waals surface area contributed by atoms with Crippen molar-refractivity contribution in [2.24, 2.45) is 0 Å². The summed E-state index contributed by atoms with van der Waals surface area (Å²) in [6.45, 7) is 2.15. The molecule has 108 valence electrons. The second-order valence-corrected chi connectivity index (χ2v) is 4.29. The van der Waals surface area contributed by atoms with Crippen molar-refractivity contribution in [2.45, 2.75) is 6.92 Å². The maximum Gasteiger partial charge on any atom is 0.335 e. The van der Waals surface area contributed by atoms with Gasteiger partial charge in [0.2, 0.25) is 0 Å². The highest BCUT2D eigenvalue weighted by Crippen LogP contribution is 2.21. The fourth-order valence-electron chi connectivity index (χ4n) is 1.84. The van der Waals surface area contributed by atoms with Crippen LogP contribution in [-0.2, 0) is 0 Å². The third-order valence-electron chi connectivity index (χ3n) is 2.85. The summed E-state index contributed by atoms with van der Waals surface area (Å²) in [5, 5.41) is 11.4. The summed E-state index contributed by atoms with van der Waals surface area (Å²) in [5.41, 5.74) is 0.739. The standard InChI is InChI=1S/C15H13FN2O3/c1-2-17-14(19)11-4-3-9(7-12(11)16)13-8-10(15(20)21)5-6-18-13/h3-8H,2H2,1H3,(H,17,19)(H,20,21). The van der Waals surface area contributed by atoms with E-state index in [0.29, 0.717) is 17.8 Å². The minimum absolute atomic E-state index is 0.0602. The monoisotopic (exact) mass is 288 g/mol. The summed E-state index contributed by atoms with van der Waals surface area (Å²) in [5.74, 6) is -2.26. The molecule has 2 N–H and O–H groups in total. The first kappa shape index (κ1) is 14.6. The van der Waals surface area contributed by atoms with Gasteiger partial charge in [0, 0.05) is 18.3 Å². The number of carbonyl (C=O) groups is 2. The van der Waals surface area contributed by atoms with Crippen LogP contribution in [0.3, 0.4) is 0 Å². The van der Waals surface area contributed by atoms with Crippen LogP contribution >= 0.6 is 0 Å². The summed E-state index contributed by atoms with van der Waals surface area (Å²) < 4.78 is 14.0. The average molecular weight is 288 g/mol. The minimum Gasteiger partial charge on any atom is -0.478 e. The van der Waals surface area contributed by atoms with E-state index in [0.717, 1.165) is 0 Å². The van der Waals surface area contributed by atoms with Crippen molar-refractivity contribution in [1.82, 2.24) is 10.3 Å². The second-order valence-electron chi connectivity index (χ2n) is 4.29. The molecule has 5 nitrogen and oxygen atoms in total. The molecule has 0 bridgehead atoms. The first-order valence-corrected chi connectivity index (χ1v) is 6.30. The number of carbonyl (C=O) groups excluding carboxylic acids is 1. The van der Waals surface area contributed by atoms with Crippen molar-refractivity contribution in [3.63, 3.8) is 0 Å². The van der Waals surface area contributed by atoms with Gasteiger partial charge in [-0.25, -0.2) is 9.18 Å². The van der Waals surface area contributed by atoms with Gasteiger partial charge in [0.1, 0.15) is 5.82 Å². The number of rotatable bonds is 4. The van der Waals surface area contributed by atoms with Crippen molar-refractivity contribution in [3.05, 3.63) is 53.5 Å². The lowest BCUT2D eigenvalue weighted by Crippen LogP contribution is -2.23. The van der Waals surface area contributed by atoms with Gasteiger partial charge in [0.25, 0.3) is 5.91 Å². The third-order valence-corrected chi connectivity index (χ3v) is 2.85. The average Bonchev–Trinajstić information content (AvgIpc) is 2.47. The SMILES string of the molecule is CCNC(=O)c1ccc(-c2cc(C(=O)O)ccn2)cc1F. The molecule has 0 aliphatic rings. The zero-order chi connectivity index (χ0) is 15.4. The van der Waals surface area contributed by atoms with Crippen LogP contribution in [0, 0.1) is 5.82 Å². The Bertz CT molecular complexity index is 701. The Morgan fingerprint density at radius 1 is 1.29 bits per heavy atom. The molecular formula is C15H13FN2O3. The van der Waals surface area contributed by atoms with E-state index in [-0.39, 0.29) is 11.1 Å². The van der Waals surface area contributed by atoms with Crippen LogP contribution in [0.4, 0.5) is 4.39 Å². The van der Waals surface area contributed by atoms with E-state index in [2.05, 4.69) is 10.3 Å². The van der Waals surface area contributed by atoms with Gasteiger partial charge < -0.3 is 10.4 Å². The molecule has 2 rings (SSSR count). The number of benzene rings is 1. The maximum absolute atomic E-state index is 14.0. The fraction of sp³-hybridized carbons (Fsp3) is 0.133. The Kier molecular flexibility index (Phi) is 4.27. The topological polar surface area (TPSA) is 79.3 Å². The summed E-state index contributed by atoms with van der Waals surface area (Å²) in [7, 11) is 0. The van der Waals surface area contributed by atoms with Crippen molar-refractivity contribution in [2.75, 3.05) is 6.54 Å². The van der Waals surface area contributed by atoms with Crippen LogP contribution in [0.5, 0.6) is 0 Å². The van der Waals surface area contributed by atoms with E-state index in [4.69, 9.17) is 5.11 Å². The number of halogens is 1. The molecule has 0 aliphatic heterocycles. The number of pyridine rings is 1. The molecule has 21 heavy (non-hydrogen) atoms. The summed E-state index contributed by atoms with van der Waals surface area (Å²) in [4.78, 5) is 26.5. The molecule has 0 saturated carbocycles. The molecule has 1 aromatic heterocycles. The lowest BCUT2D eigenvalue weighted by atomic mass is 10.1. The van der Waals surface area contributed by atoms with Crippen LogP contribution in [0.1, 0.15) is 27.6 Å². The zero-order valence-corrected chi connectivity index (χ0v) is 11.3. The van der Waals surface area contributed by atoms with E-state index in [1.165, 1.54) is 36.5 Å². The third kappa shape index (κ3) is 3.22. The molecule has 0 atom stereocenters. The van der Waals surface area contributed by atoms with E-state index >= 15 is 0 Å². The molecule has 0 saturated heterocycles. The Balaban J connectivity index is 2.38. The van der Waals surface area contributed by atoms with Gasteiger partial charge in [-0.05, 0) is 31.2 Å². The van der Waals surface area contributed by atoms with E-state index in [1.54, 1.807) is 6.92 Å². The van der Waals surface area contributed by atoms with Crippen LogP contribution in [0.2, 0.25) is 0 Å². The number of hydrogen-bond acceptors (Lipinski definition) is 3. The molecule has 0 radical (unpaired) electrons. The number of hydrogen-bond donors (Lipinski definition) is 2. The first-order valence-electron chi connectivity index (χ1n) is 6.30. The van der Waals surface area contributed by atoms with Crippen LogP contribution < -0.4 is 5.32 Å². The second kappa shape index (κ2) is 6.13.